The molecule has 5 heteroatoms. The predicted octanol–water partition coefficient (Wildman–Crippen LogP) is 2.08. The van der Waals surface area contributed by atoms with Crippen molar-refractivity contribution in [2.45, 2.75) is 18.9 Å². The summed E-state index contributed by atoms with van der Waals surface area (Å²) in [4.78, 5) is 2.36. The molecular weight excluding hydrogens is 322 g/mol. The van der Waals surface area contributed by atoms with E-state index in [4.69, 9.17) is 14.6 Å². The lowest BCUT2D eigenvalue weighted by molar-refractivity contribution is -0.0527. The first kappa shape index (κ1) is 15.8. The Morgan fingerprint density at radius 1 is 1.50 bits per heavy atom. The lowest BCUT2D eigenvalue weighted by atomic mass is 10.1. The monoisotopic (exact) mass is 343 g/mol. The van der Waals surface area contributed by atoms with E-state index in [1.807, 2.05) is 12.1 Å². The van der Waals surface area contributed by atoms with Crippen molar-refractivity contribution in [2.75, 3.05) is 40.0 Å². The van der Waals surface area contributed by atoms with Gasteiger partial charge in [0, 0.05) is 17.6 Å². The molecule has 1 N–H and O–H groups in total. The molecule has 1 heterocycles. The van der Waals surface area contributed by atoms with Gasteiger partial charge in [-0.3, -0.25) is 4.90 Å². The molecule has 0 saturated carbocycles. The van der Waals surface area contributed by atoms with E-state index in [1.165, 1.54) is 5.56 Å². The molecule has 1 fully saturated rings. The van der Waals surface area contributed by atoms with Gasteiger partial charge < -0.3 is 14.6 Å². The summed E-state index contributed by atoms with van der Waals surface area (Å²) in [5.41, 5.74) is 1.24. The SMILES string of the molecule is COc1cc(Br)ccc1CCCN1CCO[C@H](CO)C1. The second-order valence-corrected chi connectivity index (χ2v) is 5.95. The van der Waals surface area contributed by atoms with Crippen LogP contribution in [0.4, 0.5) is 0 Å². The maximum atomic E-state index is 9.13. The van der Waals surface area contributed by atoms with Crippen molar-refractivity contribution in [3.05, 3.63) is 28.2 Å². The van der Waals surface area contributed by atoms with Gasteiger partial charge in [-0.2, -0.15) is 0 Å². The summed E-state index contributed by atoms with van der Waals surface area (Å²) in [6.45, 7) is 3.63. The van der Waals surface area contributed by atoms with Crippen molar-refractivity contribution in [1.82, 2.24) is 4.90 Å². The summed E-state index contributed by atoms with van der Waals surface area (Å²) >= 11 is 3.46. The van der Waals surface area contributed by atoms with E-state index in [2.05, 4.69) is 26.9 Å². The van der Waals surface area contributed by atoms with Gasteiger partial charge in [0.1, 0.15) is 5.75 Å². The van der Waals surface area contributed by atoms with Crippen molar-refractivity contribution in [3.63, 3.8) is 0 Å². The van der Waals surface area contributed by atoms with Crippen molar-refractivity contribution >= 4 is 15.9 Å². The molecule has 4 nitrogen and oxygen atoms in total. The van der Waals surface area contributed by atoms with E-state index in [0.29, 0.717) is 6.61 Å². The molecule has 112 valence electrons. The van der Waals surface area contributed by atoms with E-state index < -0.39 is 0 Å². The summed E-state index contributed by atoms with van der Waals surface area (Å²) in [7, 11) is 1.71. The molecule has 0 unspecified atom stereocenters. The van der Waals surface area contributed by atoms with Gasteiger partial charge in [-0.1, -0.05) is 22.0 Å². The fourth-order valence-electron chi connectivity index (χ4n) is 2.51. The first-order valence-electron chi connectivity index (χ1n) is 7.00. The smallest absolute Gasteiger partial charge is 0.123 e. The Balaban J connectivity index is 1.81. The average Bonchev–Trinajstić information content (AvgIpc) is 2.49. The van der Waals surface area contributed by atoms with Crippen LogP contribution in [-0.4, -0.2) is 56.1 Å². The Kier molecular flexibility index (Phi) is 6.29. The number of aryl methyl sites for hydroxylation is 1. The fourth-order valence-corrected chi connectivity index (χ4v) is 2.85. The van der Waals surface area contributed by atoms with E-state index in [-0.39, 0.29) is 12.7 Å². The Bertz CT molecular complexity index is 428. The predicted molar refractivity (Wildman–Crippen MR) is 82.3 cm³/mol. The van der Waals surface area contributed by atoms with Crippen LogP contribution in [-0.2, 0) is 11.2 Å². The molecule has 1 aliphatic heterocycles. The van der Waals surface area contributed by atoms with E-state index in [1.54, 1.807) is 7.11 Å². The minimum atomic E-state index is -0.0223. The van der Waals surface area contributed by atoms with Gasteiger partial charge >= 0.3 is 0 Å². The highest BCUT2D eigenvalue weighted by molar-refractivity contribution is 9.10. The molecule has 1 aliphatic rings. The molecule has 0 radical (unpaired) electrons. The van der Waals surface area contributed by atoms with E-state index >= 15 is 0 Å². The molecule has 0 amide bonds. The normalized spacial score (nSPS) is 20.1. The molecule has 0 spiro atoms. The van der Waals surface area contributed by atoms with Crippen molar-refractivity contribution in [1.29, 1.82) is 0 Å². The largest absolute Gasteiger partial charge is 0.496 e. The highest BCUT2D eigenvalue weighted by Crippen LogP contribution is 2.24. The molecule has 0 aliphatic carbocycles. The number of methoxy groups -OCH3 is 1. The number of hydrogen-bond acceptors (Lipinski definition) is 4. The number of aliphatic hydroxyl groups is 1. The molecule has 1 aromatic carbocycles. The first-order chi connectivity index (χ1) is 9.72. The molecular formula is C15H22BrNO3. The van der Waals surface area contributed by atoms with Crippen LogP contribution >= 0.6 is 15.9 Å². The summed E-state index contributed by atoms with van der Waals surface area (Å²) in [5, 5.41) is 9.13. The van der Waals surface area contributed by atoms with Crippen LogP contribution in [0.5, 0.6) is 5.75 Å². The third-order valence-electron chi connectivity index (χ3n) is 3.60. The van der Waals surface area contributed by atoms with Gasteiger partial charge in [-0.05, 0) is 37.1 Å². The molecule has 2 rings (SSSR count). The lowest BCUT2D eigenvalue weighted by Crippen LogP contribution is -2.44. The Morgan fingerprint density at radius 3 is 3.10 bits per heavy atom. The van der Waals surface area contributed by atoms with E-state index in [0.717, 1.165) is 42.7 Å². The standard InChI is InChI=1S/C15H22BrNO3/c1-19-15-9-13(16)5-4-12(15)3-2-6-17-7-8-20-14(10-17)11-18/h4-5,9,14,18H,2-3,6-8,10-11H2,1H3/t14-/m0/s1. The maximum Gasteiger partial charge on any atom is 0.123 e. The second kappa shape index (κ2) is 7.98. The Morgan fingerprint density at radius 2 is 2.35 bits per heavy atom. The summed E-state index contributed by atoms with van der Waals surface area (Å²) in [5.74, 6) is 0.939. The first-order valence-corrected chi connectivity index (χ1v) is 7.79. The molecule has 1 atom stereocenters. The number of ether oxygens (including phenoxy) is 2. The van der Waals surface area contributed by atoms with Crippen LogP contribution in [0.2, 0.25) is 0 Å². The highest BCUT2D eigenvalue weighted by Gasteiger charge is 2.19. The number of hydrogen-bond donors (Lipinski definition) is 1. The van der Waals surface area contributed by atoms with Crippen LogP contribution in [0, 0.1) is 0 Å². The van der Waals surface area contributed by atoms with Crippen LogP contribution in [0.3, 0.4) is 0 Å². The minimum absolute atomic E-state index is 0.0223. The highest BCUT2D eigenvalue weighted by atomic mass is 79.9. The third kappa shape index (κ3) is 4.45. The Labute approximate surface area is 128 Å². The number of morpholine rings is 1. The molecule has 1 saturated heterocycles. The summed E-state index contributed by atoms with van der Waals surface area (Å²) in [6.07, 6.45) is 2.05. The zero-order chi connectivity index (χ0) is 14.4. The van der Waals surface area contributed by atoms with Gasteiger partial charge in [0.2, 0.25) is 0 Å². The van der Waals surface area contributed by atoms with E-state index in [9.17, 15) is 0 Å². The lowest BCUT2D eigenvalue weighted by Gasteiger charge is -2.31. The van der Waals surface area contributed by atoms with Gasteiger partial charge in [0.05, 0.1) is 26.4 Å². The van der Waals surface area contributed by atoms with Crippen molar-refractivity contribution in [3.8, 4) is 5.75 Å². The number of rotatable bonds is 6. The molecule has 1 aromatic rings. The third-order valence-corrected chi connectivity index (χ3v) is 4.09. The van der Waals surface area contributed by atoms with Crippen molar-refractivity contribution < 1.29 is 14.6 Å². The average molecular weight is 344 g/mol. The maximum absolute atomic E-state index is 9.13. The van der Waals surface area contributed by atoms with Gasteiger partial charge in [-0.15, -0.1) is 0 Å². The molecule has 0 aromatic heterocycles. The van der Waals surface area contributed by atoms with Crippen LogP contribution in [0.15, 0.2) is 22.7 Å². The fraction of sp³-hybridized carbons (Fsp3) is 0.600. The molecule has 0 bridgehead atoms. The van der Waals surface area contributed by atoms with Crippen LogP contribution in [0.1, 0.15) is 12.0 Å². The zero-order valence-corrected chi connectivity index (χ0v) is 13.4. The Hall–Kier alpha value is -0.620. The quantitative estimate of drug-likeness (QED) is 0.858. The van der Waals surface area contributed by atoms with Crippen LogP contribution in [0.25, 0.3) is 0 Å². The van der Waals surface area contributed by atoms with Crippen LogP contribution < -0.4 is 4.74 Å². The topological polar surface area (TPSA) is 41.9 Å². The summed E-state index contributed by atoms with van der Waals surface area (Å²) in [6, 6.07) is 6.17. The zero-order valence-electron chi connectivity index (χ0n) is 11.8. The summed E-state index contributed by atoms with van der Waals surface area (Å²) < 4.78 is 11.9. The number of nitrogens with zero attached hydrogens (tertiary/aromatic N) is 1. The van der Waals surface area contributed by atoms with Gasteiger partial charge in [0.25, 0.3) is 0 Å². The van der Waals surface area contributed by atoms with Gasteiger partial charge in [-0.25, -0.2) is 0 Å². The van der Waals surface area contributed by atoms with Gasteiger partial charge in [0.15, 0.2) is 0 Å². The second-order valence-electron chi connectivity index (χ2n) is 5.04. The number of halogens is 1. The molecule has 20 heavy (non-hydrogen) atoms. The van der Waals surface area contributed by atoms with Crippen molar-refractivity contribution in [2.24, 2.45) is 0 Å². The number of aliphatic hydroxyl groups excluding tert-OH is 1. The minimum Gasteiger partial charge on any atom is -0.496 e. The number of benzene rings is 1.